The zero-order valence-electron chi connectivity index (χ0n) is 13.4. The van der Waals surface area contributed by atoms with Gasteiger partial charge >= 0.3 is 0 Å². The van der Waals surface area contributed by atoms with E-state index in [1.807, 2.05) is 6.07 Å². The van der Waals surface area contributed by atoms with Crippen molar-refractivity contribution in [3.05, 3.63) is 40.9 Å². The topological polar surface area (TPSA) is 58.0 Å². The highest BCUT2D eigenvalue weighted by molar-refractivity contribution is 7.15. The molecule has 2 aromatic rings. The predicted octanol–water partition coefficient (Wildman–Crippen LogP) is 3.87. The fraction of sp³-hybridized carbons (Fsp3) is 0.556. The van der Waals surface area contributed by atoms with E-state index < -0.39 is 0 Å². The van der Waals surface area contributed by atoms with E-state index in [2.05, 4.69) is 39.8 Å². The summed E-state index contributed by atoms with van der Waals surface area (Å²) in [6.07, 6.45) is 7.56. The van der Waals surface area contributed by atoms with Crippen LogP contribution in [0.2, 0.25) is 0 Å². The molecule has 2 atom stereocenters. The number of aromatic nitrogens is 2. The molecule has 5 heteroatoms. The number of nitrogens with one attached hydrogen (secondary N) is 1. The van der Waals surface area contributed by atoms with Gasteiger partial charge in [-0.2, -0.15) is 0 Å². The van der Waals surface area contributed by atoms with Gasteiger partial charge in [-0.25, -0.2) is 0 Å². The molecule has 23 heavy (non-hydrogen) atoms. The molecule has 0 spiro atoms. The lowest BCUT2D eigenvalue weighted by Crippen LogP contribution is -2.24. The maximum atomic E-state index is 9.99. The molecule has 1 aromatic heterocycles. The van der Waals surface area contributed by atoms with Crippen molar-refractivity contribution < 1.29 is 5.11 Å². The molecule has 4 nitrogen and oxygen atoms in total. The maximum Gasteiger partial charge on any atom is 0.205 e. The minimum absolute atomic E-state index is 0.0808. The van der Waals surface area contributed by atoms with Gasteiger partial charge in [0.25, 0.3) is 0 Å². The van der Waals surface area contributed by atoms with Crippen molar-refractivity contribution in [1.29, 1.82) is 0 Å². The Morgan fingerprint density at radius 3 is 2.78 bits per heavy atom. The molecule has 1 aliphatic rings. The Morgan fingerprint density at radius 1 is 1.13 bits per heavy atom. The molecule has 1 heterocycles. The van der Waals surface area contributed by atoms with Crippen LogP contribution in [-0.4, -0.2) is 28.0 Å². The second-order valence-electron chi connectivity index (χ2n) is 6.34. The van der Waals surface area contributed by atoms with Crippen LogP contribution in [0, 0.1) is 5.92 Å². The SMILES string of the molecule is OC1CCCCC1CCCNc1nnc(Cc2ccccc2)s1. The molecule has 1 saturated carbocycles. The molecular weight excluding hydrogens is 306 g/mol. The Bertz CT molecular complexity index is 587. The molecule has 0 aliphatic heterocycles. The summed E-state index contributed by atoms with van der Waals surface area (Å²) in [4.78, 5) is 0. The maximum absolute atomic E-state index is 9.99. The van der Waals surface area contributed by atoms with Crippen molar-refractivity contribution in [3.8, 4) is 0 Å². The summed E-state index contributed by atoms with van der Waals surface area (Å²) in [7, 11) is 0. The van der Waals surface area contributed by atoms with Gasteiger partial charge in [0.1, 0.15) is 5.01 Å². The van der Waals surface area contributed by atoms with E-state index >= 15 is 0 Å². The third-order valence-corrected chi connectivity index (χ3v) is 5.44. The lowest BCUT2D eigenvalue weighted by molar-refractivity contribution is 0.0648. The minimum Gasteiger partial charge on any atom is -0.393 e. The van der Waals surface area contributed by atoms with Crippen molar-refractivity contribution in [2.75, 3.05) is 11.9 Å². The average molecular weight is 331 g/mol. The van der Waals surface area contributed by atoms with E-state index in [1.165, 1.54) is 24.8 Å². The van der Waals surface area contributed by atoms with Crippen molar-refractivity contribution in [2.45, 2.75) is 51.0 Å². The molecule has 1 aromatic carbocycles. The first kappa shape index (κ1) is 16.4. The number of anilines is 1. The van der Waals surface area contributed by atoms with Gasteiger partial charge in [0.15, 0.2) is 0 Å². The number of nitrogens with zero attached hydrogens (tertiary/aromatic N) is 2. The van der Waals surface area contributed by atoms with Gasteiger partial charge < -0.3 is 10.4 Å². The highest BCUT2D eigenvalue weighted by atomic mass is 32.1. The Labute approximate surface area is 142 Å². The number of aliphatic hydroxyl groups is 1. The Kier molecular flexibility index (Phi) is 6.00. The fourth-order valence-electron chi connectivity index (χ4n) is 3.25. The molecule has 0 saturated heterocycles. The van der Waals surface area contributed by atoms with Crippen LogP contribution in [0.4, 0.5) is 5.13 Å². The molecule has 1 fully saturated rings. The lowest BCUT2D eigenvalue weighted by atomic mass is 9.83. The van der Waals surface area contributed by atoms with E-state index in [9.17, 15) is 5.11 Å². The normalized spacial score (nSPS) is 21.3. The average Bonchev–Trinajstić information content (AvgIpc) is 3.01. The van der Waals surface area contributed by atoms with E-state index in [4.69, 9.17) is 0 Å². The third kappa shape index (κ3) is 5.01. The third-order valence-electron chi connectivity index (χ3n) is 4.56. The van der Waals surface area contributed by atoms with Crippen LogP contribution in [0.3, 0.4) is 0 Å². The molecule has 2 unspecified atom stereocenters. The van der Waals surface area contributed by atoms with Crippen molar-refractivity contribution in [1.82, 2.24) is 10.2 Å². The fourth-order valence-corrected chi connectivity index (χ4v) is 4.05. The number of benzene rings is 1. The first-order chi connectivity index (χ1) is 11.3. The van der Waals surface area contributed by atoms with Gasteiger partial charge in [0.05, 0.1) is 6.10 Å². The van der Waals surface area contributed by atoms with E-state index in [1.54, 1.807) is 11.3 Å². The van der Waals surface area contributed by atoms with Gasteiger partial charge in [-0.15, -0.1) is 10.2 Å². The molecule has 1 aliphatic carbocycles. The second kappa shape index (κ2) is 8.41. The standard InChI is InChI=1S/C18H25N3OS/c22-16-11-5-4-9-15(16)10-6-12-19-18-21-20-17(23-18)13-14-7-2-1-3-8-14/h1-3,7-8,15-16,22H,4-6,9-13H2,(H,19,21). The second-order valence-corrected chi connectivity index (χ2v) is 7.41. The molecule has 124 valence electrons. The summed E-state index contributed by atoms with van der Waals surface area (Å²) in [5, 5.41) is 23.8. The molecule has 0 radical (unpaired) electrons. The highest BCUT2D eigenvalue weighted by Gasteiger charge is 2.22. The summed E-state index contributed by atoms with van der Waals surface area (Å²) in [5.74, 6) is 0.494. The lowest BCUT2D eigenvalue weighted by Gasteiger charge is -2.27. The van der Waals surface area contributed by atoms with Crippen LogP contribution in [0.1, 0.15) is 49.1 Å². The molecular formula is C18H25N3OS. The van der Waals surface area contributed by atoms with E-state index in [-0.39, 0.29) is 6.10 Å². The van der Waals surface area contributed by atoms with Crippen molar-refractivity contribution in [3.63, 3.8) is 0 Å². The minimum atomic E-state index is -0.0808. The van der Waals surface area contributed by atoms with E-state index in [0.717, 1.165) is 42.4 Å². The van der Waals surface area contributed by atoms with Crippen LogP contribution < -0.4 is 5.32 Å². The Morgan fingerprint density at radius 2 is 1.96 bits per heavy atom. The van der Waals surface area contributed by atoms with Crippen LogP contribution in [-0.2, 0) is 6.42 Å². The summed E-state index contributed by atoms with van der Waals surface area (Å²) < 4.78 is 0. The van der Waals surface area contributed by atoms with Gasteiger partial charge in [0, 0.05) is 13.0 Å². The van der Waals surface area contributed by atoms with Crippen LogP contribution >= 0.6 is 11.3 Å². The zero-order valence-corrected chi connectivity index (χ0v) is 14.3. The monoisotopic (exact) mass is 331 g/mol. The van der Waals surface area contributed by atoms with Gasteiger partial charge in [0.2, 0.25) is 5.13 Å². The number of hydrogen-bond donors (Lipinski definition) is 2. The van der Waals surface area contributed by atoms with Gasteiger partial charge in [-0.1, -0.05) is 54.5 Å². The van der Waals surface area contributed by atoms with Gasteiger partial charge in [-0.05, 0) is 37.2 Å². The molecule has 3 rings (SSSR count). The first-order valence-corrected chi connectivity index (χ1v) is 9.41. The summed E-state index contributed by atoms with van der Waals surface area (Å²) in [6, 6.07) is 10.4. The number of aliphatic hydroxyl groups excluding tert-OH is 1. The Hall–Kier alpha value is -1.46. The first-order valence-electron chi connectivity index (χ1n) is 8.59. The molecule has 2 N–H and O–H groups in total. The van der Waals surface area contributed by atoms with Crippen LogP contribution in [0.5, 0.6) is 0 Å². The Balaban J connectivity index is 1.39. The summed E-state index contributed by atoms with van der Waals surface area (Å²) in [5.41, 5.74) is 1.27. The van der Waals surface area contributed by atoms with Crippen LogP contribution in [0.15, 0.2) is 30.3 Å². The van der Waals surface area contributed by atoms with E-state index in [0.29, 0.717) is 5.92 Å². The number of rotatable bonds is 7. The molecule has 0 bridgehead atoms. The number of hydrogen-bond acceptors (Lipinski definition) is 5. The van der Waals surface area contributed by atoms with Crippen molar-refractivity contribution >= 4 is 16.5 Å². The summed E-state index contributed by atoms with van der Waals surface area (Å²) in [6.45, 7) is 0.906. The highest BCUT2D eigenvalue weighted by Crippen LogP contribution is 2.28. The zero-order chi connectivity index (χ0) is 15.9. The smallest absolute Gasteiger partial charge is 0.205 e. The van der Waals surface area contributed by atoms with Gasteiger partial charge in [-0.3, -0.25) is 0 Å². The van der Waals surface area contributed by atoms with Crippen molar-refractivity contribution in [2.24, 2.45) is 5.92 Å². The molecule has 0 amide bonds. The summed E-state index contributed by atoms with van der Waals surface area (Å²) >= 11 is 1.63. The largest absolute Gasteiger partial charge is 0.393 e. The van der Waals surface area contributed by atoms with Crippen LogP contribution in [0.25, 0.3) is 0 Å². The quantitative estimate of drug-likeness (QED) is 0.756. The predicted molar refractivity (Wildman–Crippen MR) is 94.8 cm³/mol.